The van der Waals surface area contributed by atoms with Gasteiger partial charge in [-0.3, -0.25) is 4.68 Å². The Labute approximate surface area is 136 Å². The molecule has 3 rings (SSSR count). The number of rotatable bonds is 5. The average Bonchev–Trinajstić information content (AvgIpc) is 3.03. The van der Waals surface area contributed by atoms with Gasteiger partial charge in [0.05, 0.1) is 18.9 Å². The molecule has 1 aliphatic rings. The molecule has 5 heteroatoms. The molecule has 0 amide bonds. The number of nitrogens with zero attached hydrogens (tertiary/aromatic N) is 3. The van der Waals surface area contributed by atoms with E-state index in [-0.39, 0.29) is 0 Å². The van der Waals surface area contributed by atoms with Crippen molar-refractivity contribution in [1.82, 2.24) is 15.1 Å². The molecule has 0 radical (unpaired) electrons. The second kappa shape index (κ2) is 6.84. The first-order valence-corrected chi connectivity index (χ1v) is 8.11. The van der Waals surface area contributed by atoms with Gasteiger partial charge in [0.25, 0.3) is 0 Å². The Hall–Kier alpha value is -2.32. The monoisotopic (exact) mass is 310 g/mol. The fourth-order valence-corrected chi connectivity index (χ4v) is 3.30. The van der Waals surface area contributed by atoms with Crippen LogP contribution in [0.5, 0.6) is 5.75 Å². The lowest BCUT2D eigenvalue weighted by molar-refractivity contribution is 0.413. The van der Waals surface area contributed by atoms with E-state index in [1.807, 2.05) is 24.4 Å². The second-order valence-electron chi connectivity index (χ2n) is 5.83. The smallest absolute Gasteiger partial charge is 0.136 e. The van der Waals surface area contributed by atoms with Gasteiger partial charge in [0.15, 0.2) is 0 Å². The maximum absolute atomic E-state index is 9.19. The standard InChI is InChI=1S/C18H22N4O/c1-3-22-17-6-4-5-16(15(17)12-21-22)20-11-13-7-8-18(23-2)14(9-13)10-19/h7-9,12,16,20H,3-6,11H2,1-2H3/t16-/m1/s1. The molecular formula is C18H22N4O. The van der Waals surface area contributed by atoms with Crippen LogP contribution in [0, 0.1) is 11.3 Å². The predicted molar refractivity (Wildman–Crippen MR) is 88.1 cm³/mol. The maximum atomic E-state index is 9.19. The van der Waals surface area contributed by atoms with Crippen molar-refractivity contribution in [3.63, 3.8) is 0 Å². The zero-order chi connectivity index (χ0) is 16.2. The third-order valence-electron chi connectivity index (χ3n) is 4.50. The van der Waals surface area contributed by atoms with E-state index in [0.29, 0.717) is 17.4 Å². The zero-order valence-corrected chi connectivity index (χ0v) is 13.7. The van der Waals surface area contributed by atoms with Crippen molar-refractivity contribution in [3.05, 3.63) is 46.8 Å². The molecule has 0 unspecified atom stereocenters. The van der Waals surface area contributed by atoms with Crippen LogP contribution in [0.25, 0.3) is 0 Å². The lowest BCUT2D eigenvalue weighted by atomic mass is 9.92. The fraction of sp³-hybridized carbons (Fsp3) is 0.444. The van der Waals surface area contributed by atoms with Crippen molar-refractivity contribution >= 4 is 0 Å². The van der Waals surface area contributed by atoms with Crippen LogP contribution in [0.15, 0.2) is 24.4 Å². The minimum Gasteiger partial charge on any atom is -0.495 e. The number of aromatic nitrogens is 2. The number of nitriles is 1. The summed E-state index contributed by atoms with van der Waals surface area (Å²) in [7, 11) is 1.59. The van der Waals surface area contributed by atoms with E-state index >= 15 is 0 Å². The van der Waals surface area contributed by atoms with E-state index in [1.165, 1.54) is 17.7 Å². The number of methoxy groups -OCH3 is 1. The number of ether oxygens (including phenoxy) is 1. The lowest BCUT2D eigenvalue weighted by Gasteiger charge is -2.24. The molecule has 23 heavy (non-hydrogen) atoms. The summed E-state index contributed by atoms with van der Waals surface area (Å²) in [6.07, 6.45) is 5.43. The highest BCUT2D eigenvalue weighted by Gasteiger charge is 2.23. The molecule has 1 aromatic heterocycles. The predicted octanol–water partition coefficient (Wildman–Crippen LogP) is 2.95. The number of benzene rings is 1. The van der Waals surface area contributed by atoms with Gasteiger partial charge in [-0.2, -0.15) is 10.4 Å². The first-order chi connectivity index (χ1) is 11.3. The summed E-state index contributed by atoms with van der Waals surface area (Å²) >= 11 is 0. The third kappa shape index (κ3) is 3.08. The molecule has 1 heterocycles. The lowest BCUT2D eigenvalue weighted by Crippen LogP contribution is -2.25. The number of hydrogen-bond donors (Lipinski definition) is 1. The molecule has 2 aromatic rings. The van der Waals surface area contributed by atoms with Gasteiger partial charge in [0.2, 0.25) is 0 Å². The molecule has 0 fully saturated rings. The summed E-state index contributed by atoms with van der Waals surface area (Å²) in [5, 5.41) is 17.3. The van der Waals surface area contributed by atoms with Gasteiger partial charge in [-0.05, 0) is 43.9 Å². The highest BCUT2D eigenvalue weighted by atomic mass is 16.5. The highest BCUT2D eigenvalue weighted by Crippen LogP contribution is 2.30. The number of hydrogen-bond acceptors (Lipinski definition) is 4. The summed E-state index contributed by atoms with van der Waals surface area (Å²) in [5.74, 6) is 0.625. The van der Waals surface area contributed by atoms with E-state index in [2.05, 4.69) is 28.1 Å². The van der Waals surface area contributed by atoms with Crippen LogP contribution in [0.1, 0.15) is 48.2 Å². The van der Waals surface area contributed by atoms with Crippen LogP contribution in [0.2, 0.25) is 0 Å². The molecule has 1 N–H and O–H groups in total. The Morgan fingerprint density at radius 2 is 2.35 bits per heavy atom. The number of nitrogens with one attached hydrogen (secondary N) is 1. The van der Waals surface area contributed by atoms with E-state index in [1.54, 1.807) is 7.11 Å². The van der Waals surface area contributed by atoms with E-state index < -0.39 is 0 Å². The second-order valence-corrected chi connectivity index (χ2v) is 5.83. The van der Waals surface area contributed by atoms with Gasteiger partial charge in [-0.15, -0.1) is 0 Å². The molecule has 0 saturated carbocycles. The largest absolute Gasteiger partial charge is 0.495 e. The minimum absolute atomic E-state index is 0.340. The Balaban J connectivity index is 1.73. The van der Waals surface area contributed by atoms with Crippen LogP contribution < -0.4 is 10.1 Å². The Morgan fingerprint density at radius 3 is 3.09 bits per heavy atom. The normalized spacial score (nSPS) is 16.7. The third-order valence-corrected chi connectivity index (χ3v) is 4.50. The highest BCUT2D eigenvalue weighted by molar-refractivity contribution is 5.45. The van der Waals surface area contributed by atoms with Gasteiger partial charge in [-0.1, -0.05) is 6.07 Å². The minimum atomic E-state index is 0.340. The first kappa shape index (κ1) is 15.6. The summed E-state index contributed by atoms with van der Waals surface area (Å²) in [5.41, 5.74) is 4.36. The Morgan fingerprint density at radius 1 is 1.48 bits per heavy atom. The molecule has 0 aliphatic heterocycles. The van der Waals surface area contributed by atoms with Crippen molar-refractivity contribution in [2.75, 3.05) is 7.11 Å². The van der Waals surface area contributed by atoms with Gasteiger partial charge in [-0.25, -0.2) is 0 Å². The van der Waals surface area contributed by atoms with Crippen LogP contribution in [0.4, 0.5) is 0 Å². The molecule has 0 saturated heterocycles. The number of fused-ring (bicyclic) bond motifs is 1. The fourth-order valence-electron chi connectivity index (χ4n) is 3.30. The van der Waals surface area contributed by atoms with Crippen molar-refractivity contribution < 1.29 is 4.74 Å². The van der Waals surface area contributed by atoms with Crippen LogP contribution in [-0.2, 0) is 19.5 Å². The number of aryl methyl sites for hydroxylation is 1. The summed E-state index contributed by atoms with van der Waals surface area (Å²) < 4.78 is 7.29. The quantitative estimate of drug-likeness (QED) is 0.922. The maximum Gasteiger partial charge on any atom is 0.136 e. The summed E-state index contributed by atoms with van der Waals surface area (Å²) in [6, 6.07) is 8.28. The molecule has 5 nitrogen and oxygen atoms in total. The van der Waals surface area contributed by atoms with E-state index in [0.717, 1.165) is 31.5 Å². The van der Waals surface area contributed by atoms with Crippen LogP contribution in [-0.4, -0.2) is 16.9 Å². The van der Waals surface area contributed by atoms with Gasteiger partial charge in [0.1, 0.15) is 11.8 Å². The van der Waals surface area contributed by atoms with E-state index in [4.69, 9.17) is 4.74 Å². The van der Waals surface area contributed by atoms with Gasteiger partial charge >= 0.3 is 0 Å². The van der Waals surface area contributed by atoms with Crippen LogP contribution in [0.3, 0.4) is 0 Å². The SMILES string of the molecule is CCn1ncc2c1CCC[C@H]2NCc1ccc(OC)c(C#N)c1. The van der Waals surface area contributed by atoms with E-state index in [9.17, 15) is 5.26 Å². The molecule has 0 bridgehead atoms. The molecule has 120 valence electrons. The Bertz CT molecular complexity index is 729. The van der Waals surface area contributed by atoms with Crippen molar-refractivity contribution in [1.29, 1.82) is 5.26 Å². The zero-order valence-electron chi connectivity index (χ0n) is 13.7. The van der Waals surface area contributed by atoms with Crippen molar-refractivity contribution in [3.8, 4) is 11.8 Å². The topological polar surface area (TPSA) is 62.9 Å². The molecule has 1 atom stereocenters. The molecule has 1 aliphatic carbocycles. The van der Waals surface area contributed by atoms with Crippen molar-refractivity contribution in [2.45, 2.75) is 45.3 Å². The van der Waals surface area contributed by atoms with Gasteiger partial charge in [0, 0.05) is 30.4 Å². The molecular weight excluding hydrogens is 288 g/mol. The first-order valence-electron chi connectivity index (χ1n) is 8.11. The average molecular weight is 310 g/mol. The summed E-state index contributed by atoms with van der Waals surface area (Å²) in [4.78, 5) is 0. The molecule has 1 aromatic carbocycles. The van der Waals surface area contributed by atoms with Crippen molar-refractivity contribution in [2.24, 2.45) is 0 Å². The van der Waals surface area contributed by atoms with Crippen LogP contribution >= 0.6 is 0 Å². The Kier molecular flexibility index (Phi) is 4.63. The molecule has 0 spiro atoms. The van der Waals surface area contributed by atoms with Gasteiger partial charge < -0.3 is 10.1 Å². The summed E-state index contributed by atoms with van der Waals surface area (Å²) in [6.45, 7) is 3.79.